The number of rotatable bonds is 7. The van der Waals surface area contributed by atoms with Gasteiger partial charge in [-0.15, -0.1) is 0 Å². The molecule has 0 N–H and O–H groups in total. The average Bonchev–Trinajstić information content (AvgIpc) is 3.21. The number of para-hydroxylation sites is 1. The molecule has 7 nitrogen and oxygen atoms in total. The van der Waals surface area contributed by atoms with Gasteiger partial charge < -0.3 is 9.64 Å². The summed E-state index contributed by atoms with van der Waals surface area (Å²) in [5.41, 5.74) is 2.01. The summed E-state index contributed by atoms with van der Waals surface area (Å²) in [4.78, 5) is 20.4. The highest BCUT2D eigenvalue weighted by Crippen LogP contribution is 2.22. The Morgan fingerprint density at radius 1 is 1.34 bits per heavy atom. The van der Waals surface area contributed by atoms with Gasteiger partial charge in [0.1, 0.15) is 12.3 Å². The molecule has 29 heavy (non-hydrogen) atoms. The van der Waals surface area contributed by atoms with Crippen molar-refractivity contribution in [2.24, 2.45) is 0 Å². The molecule has 0 aliphatic heterocycles. The van der Waals surface area contributed by atoms with E-state index in [0.717, 1.165) is 5.56 Å². The first-order valence-electron chi connectivity index (χ1n) is 9.13. The zero-order valence-electron chi connectivity index (χ0n) is 16.3. The quantitative estimate of drug-likeness (QED) is 0.534. The van der Waals surface area contributed by atoms with Gasteiger partial charge in [-0.05, 0) is 54.4 Å². The molecule has 1 aromatic carbocycles. The molecule has 0 saturated carbocycles. The van der Waals surface area contributed by atoms with E-state index in [0.29, 0.717) is 22.3 Å². The molecule has 0 saturated heterocycles. The SMILES string of the molecule is CCN(C(=O)c1cccc(C)c1-n1nccn1)[C@@H](C)COc1ncc(Br)cc1F. The number of ether oxygens (including phenoxy) is 1. The summed E-state index contributed by atoms with van der Waals surface area (Å²) < 4.78 is 20.0. The zero-order chi connectivity index (χ0) is 21.0. The Kier molecular flexibility index (Phi) is 6.58. The predicted molar refractivity (Wildman–Crippen MR) is 110 cm³/mol. The summed E-state index contributed by atoms with van der Waals surface area (Å²) >= 11 is 3.16. The van der Waals surface area contributed by atoms with E-state index in [2.05, 4.69) is 31.1 Å². The molecular weight excluding hydrogens is 441 g/mol. The lowest BCUT2D eigenvalue weighted by Crippen LogP contribution is -2.42. The van der Waals surface area contributed by atoms with Gasteiger partial charge in [0.2, 0.25) is 0 Å². The van der Waals surface area contributed by atoms with E-state index in [-0.39, 0.29) is 24.4 Å². The number of hydrogen-bond donors (Lipinski definition) is 0. The Morgan fingerprint density at radius 2 is 2.07 bits per heavy atom. The van der Waals surface area contributed by atoms with Gasteiger partial charge in [-0.25, -0.2) is 9.37 Å². The standard InChI is InChI=1S/C20H21BrFN5O2/c1-4-26(14(3)12-29-19-17(22)10-15(21)11-23-19)20(28)16-7-5-6-13(2)18(16)27-24-8-9-25-27/h5-11,14H,4,12H2,1-3H3/t14-/m0/s1. The van der Waals surface area contributed by atoms with Crippen LogP contribution in [0.15, 0.2) is 47.3 Å². The summed E-state index contributed by atoms with van der Waals surface area (Å²) in [6, 6.07) is 6.45. The van der Waals surface area contributed by atoms with Crippen molar-refractivity contribution in [3.8, 4) is 11.6 Å². The predicted octanol–water partition coefficient (Wildman–Crippen LogP) is 3.80. The molecule has 0 spiro atoms. The van der Waals surface area contributed by atoms with E-state index in [1.807, 2.05) is 32.9 Å². The van der Waals surface area contributed by atoms with Crippen molar-refractivity contribution in [3.63, 3.8) is 0 Å². The van der Waals surface area contributed by atoms with Crippen LogP contribution in [0.5, 0.6) is 5.88 Å². The van der Waals surface area contributed by atoms with E-state index in [1.165, 1.54) is 17.1 Å². The summed E-state index contributed by atoms with van der Waals surface area (Å²) in [5, 5.41) is 8.34. The van der Waals surface area contributed by atoms with Crippen LogP contribution in [-0.2, 0) is 0 Å². The van der Waals surface area contributed by atoms with Gasteiger partial charge >= 0.3 is 0 Å². The van der Waals surface area contributed by atoms with E-state index in [9.17, 15) is 9.18 Å². The second-order valence-electron chi connectivity index (χ2n) is 6.48. The largest absolute Gasteiger partial charge is 0.473 e. The molecule has 152 valence electrons. The molecule has 0 aliphatic carbocycles. The van der Waals surface area contributed by atoms with Crippen molar-refractivity contribution in [3.05, 3.63) is 64.3 Å². The van der Waals surface area contributed by atoms with Gasteiger partial charge in [0.25, 0.3) is 11.8 Å². The molecule has 9 heteroatoms. The van der Waals surface area contributed by atoms with Crippen LogP contribution in [0.4, 0.5) is 4.39 Å². The van der Waals surface area contributed by atoms with E-state index < -0.39 is 5.82 Å². The normalized spacial score (nSPS) is 11.9. The smallest absolute Gasteiger partial charge is 0.256 e. The van der Waals surface area contributed by atoms with Crippen molar-refractivity contribution < 1.29 is 13.9 Å². The van der Waals surface area contributed by atoms with Gasteiger partial charge in [-0.3, -0.25) is 4.79 Å². The number of carbonyl (C=O) groups is 1. The maximum Gasteiger partial charge on any atom is 0.256 e. The monoisotopic (exact) mass is 461 g/mol. The lowest BCUT2D eigenvalue weighted by molar-refractivity contribution is 0.0643. The number of halogens is 2. The van der Waals surface area contributed by atoms with Crippen LogP contribution in [-0.4, -0.2) is 50.0 Å². The van der Waals surface area contributed by atoms with E-state index in [1.54, 1.807) is 23.4 Å². The number of aryl methyl sites for hydroxylation is 1. The fraction of sp³-hybridized carbons (Fsp3) is 0.300. The molecule has 0 bridgehead atoms. The minimum atomic E-state index is -0.563. The Balaban J connectivity index is 1.81. The van der Waals surface area contributed by atoms with Crippen LogP contribution in [0.1, 0.15) is 29.8 Å². The first kappa shape index (κ1) is 20.9. The number of hydrogen-bond acceptors (Lipinski definition) is 5. The number of nitrogens with zero attached hydrogens (tertiary/aromatic N) is 5. The maximum absolute atomic E-state index is 13.9. The summed E-state index contributed by atoms with van der Waals surface area (Å²) in [5.74, 6) is -0.837. The van der Waals surface area contributed by atoms with Crippen molar-refractivity contribution in [1.29, 1.82) is 0 Å². The highest BCUT2D eigenvalue weighted by atomic mass is 79.9. The molecule has 0 radical (unpaired) electrons. The Labute approximate surface area is 176 Å². The minimum Gasteiger partial charge on any atom is -0.473 e. The third-order valence-corrected chi connectivity index (χ3v) is 4.89. The van der Waals surface area contributed by atoms with Crippen LogP contribution in [0.2, 0.25) is 0 Å². The molecule has 0 aliphatic rings. The van der Waals surface area contributed by atoms with Gasteiger partial charge in [-0.2, -0.15) is 15.0 Å². The minimum absolute atomic E-state index is 0.0967. The molecule has 3 aromatic rings. The van der Waals surface area contributed by atoms with Gasteiger partial charge in [0.15, 0.2) is 5.82 Å². The summed E-state index contributed by atoms with van der Waals surface area (Å²) in [6.45, 7) is 6.19. The number of carbonyl (C=O) groups excluding carboxylic acids is 1. The average molecular weight is 462 g/mol. The fourth-order valence-electron chi connectivity index (χ4n) is 3.04. The van der Waals surface area contributed by atoms with Crippen molar-refractivity contribution in [1.82, 2.24) is 24.9 Å². The van der Waals surface area contributed by atoms with Gasteiger partial charge in [0.05, 0.1) is 24.0 Å². The third-order valence-electron chi connectivity index (χ3n) is 4.46. The highest BCUT2D eigenvalue weighted by Gasteiger charge is 2.25. The first-order chi connectivity index (χ1) is 13.9. The van der Waals surface area contributed by atoms with Crippen molar-refractivity contribution >= 4 is 21.8 Å². The first-order valence-corrected chi connectivity index (χ1v) is 9.92. The molecule has 1 amide bonds. The Hall–Kier alpha value is -2.81. The fourth-order valence-corrected chi connectivity index (χ4v) is 3.34. The zero-order valence-corrected chi connectivity index (χ0v) is 17.9. The maximum atomic E-state index is 13.9. The number of amides is 1. The molecule has 2 aromatic heterocycles. The highest BCUT2D eigenvalue weighted by molar-refractivity contribution is 9.10. The second-order valence-corrected chi connectivity index (χ2v) is 7.40. The molecule has 2 heterocycles. The number of aromatic nitrogens is 4. The Bertz CT molecular complexity index is 997. The lowest BCUT2D eigenvalue weighted by Gasteiger charge is -2.28. The molecule has 3 rings (SSSR count). The van der Waals surface area contributed by atoms with E-state index >= 15 is 0 Å². The third kappa shape index (κ3) is 4.61. The molecular formula is C20H21BrFN5O2. The second kappa shape index (κ2) is 9.13. The molecule has 1 atom stereocenters. The molecule has 0 unspecified atom stereocenters. The van der Waals surface area contributed by atoms with Gasteiger partial charge in [-0.1, -0.05) is 12.1 Å². The van der Waals surface area contributed by atoms with Crippen LogP contribution in [0.25, 0.3) is 5.69 Å². The number of benzene rings is 1. The summed E-state index contributed by atoms with van der Waals surface area (Å²) in [6.07, 6.45) is 4.59. The van der Waals surface area contributed by atoms with E-state index in [4.69, 9.17) is 4.74 Å². The number of pyridine rings is 1. The number of likely N-dealkylation sites (N-methyl/N-ethyl adjacent to an activating group) is 1. The van der Waals surface area contributed by atoms with Crippen LogP contribution < -0.4 is 4.74 Å². The Morgan fingerprint density at radius 3 is 2.72 bits per heavy atom. The van der Waals surface area contributed by atoms with Crippen LogP contribution in [0, 0.1) is 12.7 Å². The van der Waals surface area contributed by atoms with Crippen LogP contribution >= 0.6 is 15.9 Å². The summed E-state index contributed by atoms with van der Waals surface area (Å²) in [7, 11) is 0. The topological polar surface area (TPSA) is 73.1 Å². The van der Waals surface area contributed by atoms with Crippen molar-refractivity contribution in [2.45, 2.75) is 26.8 Å². The van der Waals surface area contributed by atoms with Crippen LogP contribution in [0.3, 0.4) is 0 Å². The lowest BCUT2D eigenvalue weighted by atomic mass is 10.1. The molecule has 0 fully saturated rings. The van der Waals surface area contributed by atoms with Crippen molar-refractivity contribution in [2.75, 3.05) is 13.2 Å². The van der Waals surface area contributed by atoms with Gasteiger partial charge in [0, 0.05) is 17.2 Å².